The molecule has 1 N–H and O–H groups in total. The van der Waals surface area contributed by atoms with Crippen molar-refractivity contribution in [1.82, 2.24) is 9.66 Å². The first kappa shape index (κ1) is 14.0. The van der Waals surface area contributed by atoms with Gasteiger partial charge in [-0.15, -0.1) is 4.68 Å². The van der Waals surface area contributed by atoms with Crippen molar-refractivity contribution in [3.63, 3.8) is 0 Å². The molecule has 0 aliphatic carbocycles. The van der Waals surface area contributed by atoms with Gasteiger partial charge in [-0.3, -0.25) is 4.79 Å². The first-order valence-electron chi connectivity index (χ1n) is 5.79. The van der Waals surface area contributed by atoms with E-state index in [0.29, 0.717) is 25.8 Å². The Morgan fingerprint density at radius 1 is 1.24 bits per heavy atom. The van der Waals surface area contributed by atoms with Crippen LogP contribution < -0.4 is 11.2 Å². The van der Waals surface area contributed by atoms with Crippen LogP contribution in [0, 0.1) is 0 Å². The Labute approximate surface area is 134 Å². The van der Waals surface area contributed by atoms with Gasteiger partial charge in [-0.1, -0.05) is 12.1 Å². The Kier molecular flexibility index (Phi) is 3.64. The Hall–Kier alpha value is -1.93. The van der Waals surface area contributed by atoms with Gasteiger partial charge in [0, 0.05) is 6.07 Å². The first-order valence-corrected chi connectivity index (χ1v) is 7.38. The van der Waals surface area contributed by atoms with Crippen molar-refractivity contribution in [2.24, 2.45) is 5.10 Å². The molecule has 0 bridgehead atoms. The second-order valence-electron chi connectivity index (χ2n) is 4.11. The molecule has 0 radical (unpaired) electrons. The number of fused-ring (bicyclic) bond motifs is 1. The summed E-state index contributed by atoms with van der Waals surface area (Å²) in [4.78, 5) is 26.7. The quantitative estimate of drug-likeness (QED) is 0.657. The van der Waals surface area contributed by atoms with Crippen molar-refractivity contribution in [3.8, 4) is 0 Å². The molecule has 0 amide bonds. The molecular weight excluding hydrogens is 406 g/mol. The van der Waals surface area contributed by atoms with Crippen LogP contribution in [0.25, 0.3) is 10.9 Å². The van der Waals surface area contributed by atoms with Crippen LogP contribution in [-0.4, -0.2) is 15.9 Å². The molecule has 0 saturated heterocycles. The lowest BCUT2D eigenvalue weighted by Gasteiger charge is -1.99. The maximum absolute atomic E-state index is 12.2. The van der Waals surface area contributed by atoms with E-state index in [9.17, 15) is 9.59 Å². The number of benzene rings is 1. The summed E-state index contributed by atoms with van der Waals surface area (Å²) < 4.78 is 7.27. The number of hydrogen-bond acceptors (Lipinski definition) is 4. The predicted octanol–water partition coefficient (Wildman–Crippen LogP) is 2.69. The monoisotopic (exact) mass is 411 g/mol. The SMILES string of the molecule is O=c1[nH]c2ccccc2c(=O)n1N=Cc1cc(Br)c(Br)o1. The molecule has 2 aromatic heterocycles. The van der Waals surface area contributed by atoms with E-state index in [1.54, 1.807) is 30.3 Å². The highest BCUT2D eigenvalue weighted by Gasteiger charge is 2.07. The summed E-state index contributed by atoms with van der Waals surface area (Å²) in [5.41, 5.74) is -0.627. The smallest absolute Gasteiger partial charge is 0.349 e. The molecule has 0 spiro atoms. The van der Waals surface area contributed by atoms with E-state index in [-0.39, 0.29) is 0 Å². The molecule has 0 fully saturated rings. The summed E-state index contributed by atoms with van der Waals surface area (Å²) in [6, 6.07) is 8.40. The lowest BCUT2D eigenvalue weighted by Crippen LogP contribution is -2.32. The van der Waals surface area contributed by atoms with E-state index < -0.39 is 11.2 Å². The molecule has 0 aliphatic rings. The van der Waals surface area contributed by atoms with Gasteiger partial charge >= 0.3 is 5.69 Å². The molecule has 6 nitrogen and oxygen atoms in total. The van der Waals surface area contributed by atoms with Gasteiger partial charge in [0.2, 0.25) is 0 Å². The topological polar surface area (TPSA) is 80.4 Å². The Morgan fingerprint density at radius 2 is 2.00 bits per heavy atom. The molecule has 3 aromatic rings. The minimum atomic E-state index is -0.611. The third-order valence-corrected chi connectivity index (χ3v) is 4.46. The van der Waals surface area contributed by atoms with Crippen LogP contribution in [0.2, 0.25) is 0 Å². The van der Waals surface area contributed by atoms with Gasteiger partial charge < -0.3 is 9.40 Å². The van der Waals surface area contributed by atoms with Gasteiger partial charge in [0.05, 0.1) is 21.6 Å². The van der Waals surface area contributed by atoms with Crippen molar-refractivity contribution in [1.29, 1.82) is 0 Å². The van der Waals surface area contributed by atoms with Crippen LogP contribution in [0.1, 0.15) is 5.76 Å². The number of H-pyrrole nitrogens is 1. The second-order valence-corrected chi connectivity index (χ2v) is 5.68. The van der Waals surface area contributed by atoms with E-state index >= 15 is 0 Å². The summed E-state index contributed by atoms with van der Waals surface area (Å²) in [7, 11) is 0. The van der Waals surface area contributed by atoms with Crippen molar-refractivity contribution < 1.29 is 4.42 Å². The van der Waals surface area contributed by atoms with Crippen LogP contribution >= 0.6 is 31.9 Å². The summed E-state index contributed by atoms with van der Waals surface area (Å²) in [6.07, 6.45) is 1.29. The molecule has 8 heteroatoms. The fourth-order valence-corrected chi connectivity index (χ4v) is 2.41. The van der Waals surface area contributed by atoms with Crippen molar-refractivity contribution in [2.75, 3.05) is 0 Å². The third kappa shape index (κ3) is 2.64. The van der Waals surface area contributed by atoms with Crippen LogP contribution in [0.15, 0.2) is 58.6 Å². The summed E-state index contributed by atoms with van der Waals surface area (Å²) in [5, 5.41) is 4.27. The highest BCUT2D eigenvalue weighted by Crippen LogP contribution is 2.25. The Balaban J connectivity index is 2.12. The molecule has 2 heterocycles. The average Bonchev–Trinajstić information content (AvgIpc) is 2.77. The van der Waals surface area contributed by atoms with E-state index in [0.717, 1.165) is 4.68 Å². The van der Waals surface area contributed by atoms with E-state index in [2.05, 4.69) is 41.9 Å². The zero-order chi connectivity index (χ0) is 15.0. The van der Waals surface area contributed by atoms with Gasteiger partial charge in [0.15, 0.2) is 4.67 Å². The summed E-state index contributed by atoms with van der Waals surface area (Å²) in [6.45, 7) is 0. The Morgan fingerprint density at radius 3 is 2.71 bits per heavy atom. The average molecular weight is 413 g/mol. The number of hydrogen-bond donors (Lipinski definition) is 1. The molecular formula is C13H7Br2N3O3. The zero-order valence-electron chi connectivity index (χ0n) is 10.3. The number of aromatic amines is 1. The normalized spacial score (nSPS) is 11.5. The van der Waals surface area contributed by atoms with Gasteiger partial charge in [-0.25, -0.2) is 4.79 Å². The third-order valence-electron chi connectivity index (χ3n) is 2.75. The fraction of sp³-hybridized carbons (Fsp3) is 0. The second kappa shape index (κ2) is 5.45. The molecule has 3 rings (SSSR count). The predicted molar refractivity (Wildman–Crippen MR) is 85.9 cm³/mol. The molecule has 1 aromatic carbocycles. The minimum absolute atomic E-state index is 0.385. The lowest BCUT2D eigenvalue weighted by atomic mass is 10.2. The van der Waals surface area contributed by atoms with Gasteiger partial charge in [0.1, 0.15) is 5.76 Å². The highest BCUT2D eigenvalue weighted by molar-refractivity contribution is 9.13. The molecule has 0 atom stereocenters. The number of rotatable bonds is 2. The fourth-order valence-electron chi connectivity index (χ4n) is 1.80. The molecule has 106 valence electrons. The number of halogens is 2. The van der Waals surface area contributed by atoms with Crippen LogP contribution in [0.5, 0.6) is 0 Å². The maximum atomic E-state index is 12.2. The first-order chi connectivity index (χ1) is 10.1. The summed E-state index contributed by atoms with van der Waals surface area (Å²) in [5.74, 6) is 0.396. The standard InChI is InChI=1S/C13H7Br2N3O3/c14-9-5-7(21-11(9)15)6-16-18-12(19)8-3-1-2-4-10(8)17-13(18)20/h1-6H,(H,17,20). The van der Waals surface area contributed by atoms with Crippen molar-refractivity contribution in [3.05, 3.63) is 66.1 Å². The number of nitrogens with zero attached hydrogens (tertiary/aromatic N) is 2. The van der Waals surface area contributed by atoms with Gasteiger partial charge in [-0.05, 0) is 44.0 Å². The molecule has 0 unspecified atom stereocenters. The van der Waals surface area contributed by atoms with E-state index in [4.69, 9.17) is 4.42 Å². The highest BCUT2D eigenvalue weighted by atomic mass is 79.9. The number of aromatic nitrogens is 2. The van der Waals surface area contributed by atoms with Crippen molar-refractivity contribution in [2.45, 2.75) is 0 Å². The maximum Gasteiger partial charge on any atom is 0.349 e. The number of para-hydroxylation sites is 1. The molecule has 0 aliphatic heterocycles. The minimum Gasteiger partial charge on any atom is -0.447 e. The number of furan rings is 1. The van der Waals surface area contributed by atoms with Crippen molar-refractivity contribution >= 4 is 49.0 Å². The zero-order valence-corrected chi connectivity index (χ0v) is 13.5. The number of nitrogens with one attached hydrogen (secondary N) is 1. The summed E-state index contributed by atoms with van der Waals surface area (Å²) >= 11 is 6.46. The van der Waals surface area contributed by atoms with Crippen LogP contribution in [0.3, 0.4) is 0 Å². The largest absolute Gasteiger partial charge is 0.447 e. The lowest BCUT2D eigenvalue weighted by molar-refractivity contribution is 0.532. The molecule has 21 heavy (non-hydrogen) atoms. The van der Waals surface area contributed by atoms with E-state index in [1.807, 2.05) is 0 Å². The van der Waals surface area contributed by atoms with Gasteiger partial charge in [-0.2, -0.15) is 5.10 Å². The molecule has 0 saturated carbocycles. The van der Waals surface area contributed by atoms with E-state index in [1.165, 1.54) is 6.21 Å². The van der Waals surface area contributed by atoms with Crippen LogP contribution in [-0.2, 0) is 0 Å². The van der Waals surface area contributed by atoms with Gasteiger partial charge in [0.25, 0.3) is 5.56 Å². The Bertz CT molecular complexity index is 949. The van der Waals surface area contributed by atoms with Crippen LogP contribution in [0.4, 0.5) is 0 Å².